The van der Waals surface area contributed by atoms with Crippen LogP contribution in [0.25, 0.3) is 11.1 Å². The van der Waals surface area contributed by atoms with E-state index in [1.165, 1.54) is 11.1 Å². The fourth-order valence-electron chi connectivity index (χ4n) is 2.07. The highest BCUT2D eigenvalue weighted by Crippen LogP contribution is 2.22. The lowest BCUT2D eigenvalue weighted by molar-refractivity contribution is 0.801. The van der Waals surface area contributed by atoms with Crippen LogP contribution in [0.15, 0.2) is 60.9 Å². The number of H-pyrrole nitrogens is 1. The van der Waals surface area contributed by atoms with Crippen LogP contribution in [0.1, 0.15) is 17.4 Å². The number of benzene rings is 2. The highest BCUT2D eigenvalue weighted by molar-refractivity contribution is 5.63. The van der Waals surface area contributed by atoms with E-state index in [4.69, 9.17) is 5.73 Å². The minimum absolute atomic E-state index is 0.215. The second-order valence-electron chi connectivity index (χ2n) is 4.36. The van der Waals surface area contributed by atoms with Crippen molar-refractivity contribution in [3.8, 4) is 11.1 Å². The zero-order valence-corrected chi connectivity index (χ0v) is 10.4. The summed E-state index contributed by atoms with van der Waals surface area (Å²) in [6.45, 7) is 0. The average Bonchev–Trinajstić information content (AvgIpc) is 3.02. The van der Waals surface area contributed by atoms with Gasteiger partial charge in [0.2, 0.25) is 0 Å². The lowest BCUT2D eigenvalue weighted by atomic mass is 10.0. The third kappa shape index (κ3) is 2.41. The third-order valence-corrected chi connectivity index (χ3v) is 3.14. The van der Waals surface area contributed by atoms with Gasteiger partial charge in [-0.2, -0.15) is 0 Å². The largest absolute Gasteiger partial charge is 0.347 e. The number of hydrogen-bond acceptors (Lipinski definition) is 2. The summed E-state index contributed by atoms with van der Waals surface area (Å²) in [6.07, 6.45) is 3.49. The topological polar surface area (TPSA) is 54.7 Å². The molecule has 0 saturated carbocycles. The number of aromatic amines is 1. The zero-order valence-electron chi connectivity index (χ0n) is 10.4. The first-order valence-corrected chi connectivity index (χ1v) is 6.16. The Balaban J connectivity index is 1.87. The molecule has 1 aromatic heterocycles. The third-order valence-electron chi connectivity index (χ3n) is 3.14. The maximum Gasteiger partial charge on any atom is 0.127 e. The molecule has 1 heterocycles. The van der Waals surface area contributed by atoms with Crippen molar-refractivity contribution in [2.45, 2.75) is 6.04 Å². The molecule has 3 nitrogen and oxygen atoms in total. The number of aromatic nitrogens is 2. The molecule has 2 aromatic carbocycles. The molecule has 93 valence electrons. The molecule has 0 amide bonds. The van der Waals surface area contributed by atoms with E-state index in [2.05, 4.69) is 28.2 Å². The molecule has 0 aliphatic heterocycles. The van der Waals surface area contributed by atoms with Crippen LogP contribution >= 0.6 is 0 Å². The minimum atomic E-state index is -0.215. The fourth-order valence-corrected chi connectivity index (χ4v) is 2.07. The van der Waals surface area contributed by atoms with Crippen molar-refractivity contribution >= 4 is 0 Å². The summed E-state index contributed by atoms with van der Waals surface area (Å²) < 4.78 is 0. The molecule has 3 heteroatoms. The Morgan fingerprint density at radius 1 is 1.00 bits per heavy atom. The highest BCUT2D eigenvalue weighted by atomic mass is 14.9. The SMILES string of the molecule is NC(c1ccc(-c2cc[c]cc2)cc1)c1ncc[nH]1. The lowest BCUT2D eigenvalue weighted by Crippen LogP contribution is -2.13. The predicted molar refractivity (Wildman–Crippen MR) is 75.3 cm³/mol. The quantitative estimate of drug-likeness (QED) is 0.748. The number of imidazole rings is 1. The van der Waals surface area contributed by atoms with Crippen molar-refractivity contribution < 1.29 is 0 Å². The van der Waals surface area contributed by atoms with Crippen LogP contribution in [0.2, 0.25) is 0 Å². The first kappa shape index (κ1) is 11.7. The van der Waals surface area contributed by atoms with E-state index < -0.39 is 0 Å². The molecule has 1 atom stereocenters. The number of nitrogens with two attached hydrogens (primary N) is 1. The monoisotopic (exact) mass is 248 g/mol. The van der Waals surface area contributed by atoms with Crippen molar-refractivity contribution in [2.75, 3.05) is 0 Å². The van der Waals surface area contributed by atoms with Gasteiger partial charge >= 0.3 is 0 Å². The first-order chi connectivity index (χ1) is 9.34. The molecule has 19 heavy (non-hydrogen) atoms. The van der Waals surface area contributed by atoms with Gasteiger partial charge in [0.05, 0.1) is 6.04 Å². The average molecular weight is 248 g/mol. The zero-order chi connectivity index (χ0) is 13.1. The standard InChI is InChI=1S/C16H14N3/c17-15(16-18-10-11-19-16)14-8-6-13(7-9-14)12-4-2-1-3-5-12/h2-11,15H,17H2,(H,18,19). The Kier molecular flexibility index (Phi) is 3.12. The van der Waals surface area contributed by atoms with Crippen molar-refractivity contribution in [2.24, 2.45) is 5.73 Å². The number of hydrogen-bond donors (Lipinski definition) is 2. The smallest absolute Gasteiger partial charge is 0.127 e. The van der Waals surface area contributed by atoms with Gasteiger partial charge in [-0.3, -0.25) is 0 Å². The molecule has 0 aliphatic rings. The fraction of sp³-hybridized carbons (Fsp3) is 0.0625. The highest BCUT2D eigenvalue weighted by Gasteiger charge is 2.10. The molecule has 0 spiro atoms. The van der Waals surface area contributed by atoms with Gasteiger partial charge in [0.1, 0.15) is 5.82 Å². The van der Waals surface area contributed by atoms with E-state index in [0.717, 1.165) is 11.4 Å². The second kappa shape index (κ2) is 5.08. The molecule has 3 N–H and O–H groups in total. The van der Waals surface area contributed by atoms with Gasteiger partial charge < -0.3 is 10.7 Å². The van der Waals surface area contributed by atoms with E-state index >= 15 is 0 Å². The summed E-state index contributed by atoms with van der Waals surface area (Å²) in [4.78, 5) is 7.23. The van der Waals surface area contributed by atoms with E-state index in [0.29, 0.717) is 0 Å². The van der Waals surface area contributed by atoms with Crippen LogP contribution in [0.3, 0.4) is 0 Å². The van der Waals surface area contributed by atoms with E-state index in [-0.39, 0.29) is 6.04 Å². The van der Waals surface area contributed by atoms with Crippen molar-refractivity contribution in [3.05, 3.63) is 78.4 Å². The summed E-state index contributed by atoms with van der Waals surface area (Å²) in [5, 5.41) is 0. The van der Waals surface area contributed by atoms with Crippen LogP contribution in [-0.4, -0.2) is 9.97 Å². The van der Waals surface area contributed by atoms with Gasteiger partial charge in [-0.25, -0.2) is 4.98 Å². The normalized spacial score (nSPS) is 12.3. The van der Waals surface area contributed by atoms with Gasteiger partial charge in [-0.05, 0) is 22.8 Å². The molecule has 3 aromatic rings. The van der Waals surface area contributed by atoms with Crippen molar-refractivity contribution in [1.29, 1.82) is 0 Å². The summed E-state index contributed by atoms with van der Waals surface area (Å²) in [5.41, 5.74) is 9.54. The molecule has 0 saturated heterocycles. The molecular formula is C16H14N3. The van der Waals surface area contributed by atoms with Crippen LogP contribution in [0, 0.1) is 6.07 Å². The van der Waals surface area contributed by atoms with E-state index in [1.54, 1.807) is 12.4 Å². The van der Waals surface area contributed by atoms with E-state index in [1.807, 2.05) is 36.4 Å². The van der Waals surface area contributed by atoms with Gasteiger partial charge in [0.25, 0.3) is 0 Å². The Labute approximate surface area is 112 Å². The van der Waals surface area contributed by atoms with Crippen molar-refractivity contribution in [3.63, 3.8) is 0 Å². The summed E-state index contributed by atoms with van der Waals surface area (Å²) >= 11 is 0. The Morgan fingerprint density at radius 3 is 2.32 bits per heavy atom. The minimum Gasteiger partial charge on any atom is -0.347 e. The maximum absolute atomic E-state index is 6.15. The van der Waals surface area contributed by atoms with Gasteiger partial charge in [-0.15, -0.1) is 0 Å². The Hall–Kier alpha value is -2.39. The number of nitrogens with one attached hydrogen (secondary N) is 1. The van der Waals surface area contributed by atoms with Crippen LogP contribution in [-0.2, 0) is 0 Å². The predicted octanol–water partition coefficient (Wildman–Crippen LogP) is 2.92. The lowest BCUT2D eigenvalue weighted by Gasteiger charge is -2.10. The van der Waals surface area contributed by atoms with Gasteiger partial charge in [0, 0.05) is 12.4 Å². The van der Waals surface area contributed by atoms with E-state index in [9.17, 15) is 0 Å². The molecule has 3 rings (SSSR count). The van der Waals surface area contributed by atoms with Crippen LogP contribution in [0.4, 0.5) is 0 Å². The molecule has 0 bridgehead atoms. The Morgan fingerprint density at radius 2 is 1.68 bits per heavy atom. The molecular weight excluding hydrogens is 234 g/mol. The molecule has 0 fully saturated rings. The second-order valence-corrected chi connectivity index (χ2v) is 4.36. The first-order valence-electron chi connectivity index (χ1n) is 6.16. The van der Waals surface area contributed by atoms with Gasteiger partial charge in [0.15, 0.2) is 0 Å². The summed E-state index contributed by atoms with van der Waals surface area (Å²) in [7, 11) is 0. The summed E-state index contributed by atoms with van der Waals surface area (Å²) in [6, 6.07) is 19.0. The molecule has 1 unspecified atom stereocenters. The van der Waals surface area contributed by atoms with Crippen molar-refractivity contribution in [1.82, 2.24) is 9.97 Å². The van der Waals surface area contributed by atoms with Crippen LogP contribution in [0.5, 0.6) is 0 Å². The van der Waals surface area contributed by atoms with Gasteiger partial charge in [-0.1, -0.05) is 48.5 Å². The molecule has 0 aliphatic carbocycles. The maximum atomic E-state index is 6.15. The number of rotatable bonds is 3. The summed E-state index contributed by atoms with van der Waals surface area (Å²) in [5.74, 6) is 0.780. The molecule has 1 radical (unpaired) electrons. The number of nitrogens with zero attached hydrogens (tertiary/aromatic N) is 1. The van der Waals surface area contributed by atoms with Crippen LogP contribution < -0.4 is 5.73 Å². The Bertz CT molecular complexity index is 628.